The summed E-state index contributed by atoms with van der Waals surface area (Å²) in [6.07, 6.45) is 4.17. The molecule has 0 aromatic rings. The minimum Gasteiger partial charge on any atom is -0.311 e. The second-order valence-corrected chi connectivity index (χ2v) is 7.15. The molecule has 0 aromatic carbocycles. The van der Waals surface area contributed by atoms with Crippen LogP contribution < -0.4 is 5.32 Å². The van der Waals surface area contributed by atoms with Crippen LogP contribution in [0.15, 0.2) is 0 Å². The molecule has 3 heteroatoms. The molecule has 1 N–H and O–H groups in total. The Hall–Kier alpha value is -0.120. The first-order valence-corrected chi connectivity index (χ1v) is 8.40. The third-order valence-corrected chi connectivity index (χ3v) is 6.03. The second kappa shape index (κ2) is 5.71. The van der Waals surface area contributed by atoms with Crippen molar-refractivity contribution in [1.29, 1.82) is 0 Å². The van der Waals surface area contributed by atoms with Crippen LogP contribution >= 0.6 is 0 Å². The van der Waals surface area contributed by atoms with Gasteiger partial charge in [0.15, 0.2) is 0 Å². The minimum absolute atomic E-state index is 0.705. The molecule has 0 aromatic heterocycles. The predicted octanol–water partition coefficient (Wildman–Crippen LogP) is 1.79. The van der Waals surface area contributed by atoms with Gasteiger partial charge in [0, 0.05) is 37.8 Å². The molecule has 0 amide bonds. The Labute approximate surface area is 118 Å². The van der Waals surface area contributed by atoms with Crippen molar-refractivity contribution in [3.63, 3.8) is 0 Å². The minimum atomic E-state index is 0.705. The predicted molar refractivity (Wildman–Crippen MR) is 80.4 cm³/mol. The lowest BCUT2D eigenvalue weighted by atomic mass is 9.81. The van der Waals surface area contributed by atoms with Gasteiger partial charge >= 0.3 is 0 Å². The van der Waals surface area contributed by atoms with E-state index in [4.69, 9.17) is 0 Å². The highest BCUT2D eigenvalue weighted by atomic mass is 15.3. The van der Waals surface area contributed by atoms with Gasteiger partial charge in [0.1, 0.15) is 0 Å². The molecule has 4 rings (SSSR count). The lowest BCUT2D eigenvalue weighted by molar-refractivity contribution is -0.0305. The van der Waals surface area contributed by atoms with E-state index in [1.165, 1.54) is 52.0 Å². The second-order valence-electron chi connectivity index (χ2n) is 7.15. The first-order valence-electron chi connectivity index (χ1n) is 8.40. The van der Waals surface area contributed by atoms with Crippen LogP contribution in [0.25, 0.3) is 0 Å². The highest BCUT2D eigenvalue weighted by Gasteiger charge is 2.41. The smallest absolute Gasteiger partial charge is 0.0256 e. The molecule has 0 aliphatic carbocycles. The molecule has 4 unspecified atom stereocenters. The van der Waals surface area contributed by atoms with E-state index in [1.54, 1.807) is 0 Å². The molecule has 4 heterocycles. The van der Waals surface area contributed by atoms with E-state index in [2.05, 4.69) is 35.9 Å². The van der Waals surface area contributed by atoms with Gasteiger partial charge in [-0.25, -0.2) is 0 Å². The average Bonchev–Trinajstić information content (AvgIpc) is 2.48. The maximum absolute atomic E-state index is 3.78. The fraction of sp³-hybridized carbons (Fsp3) is 1.00. The zero-order valence-corrected chi connectivity index (χ0v) is 12.9. The van der Waals surface area contributed by atoms with E-state index < -0.39 is 0 Å². The van der Waals surface area contributed by atoms with Crippen molar-refractivity contribution in [2.24, 2.45) is 11.8 Å². The quantitative estimate of drug-likeness (QED) is 0.839. The third kappa shape index (κ3) is 2.70. The zero-order chi connectivity index (χ0) is 13.4. The van der Waals surface area contributed by atoms with Gasteiger partial charge in [0.25, 0.3) is 0 Å². The Morgan fingerprint density at radius 1 is 1.21 bits per heavy atom. The number of rotatable bonds is 3. The van der Waals surface area contributed by atoms with Crippen molar-refractivity contribution >= 4 is 0 Å². The Bertz CT molecular complexity index is 298. The van der Waals surface area contributed by atoms with Gasteiger partial charge < -0.3 is 10.2 Å². The van der Waals surface area contributed by atoms with E-state index >= 15 is 0 Å². The molecule has 4 aliphatic heterocycles. The Balaban J connectivity index is 1.68. The van der Waals surface area contributed by atoms with Crippen LogP contribution in [0.2, 0.25) is 0 Å². The molecule has 4 aliphatic rings. The molecule has 19 heavy (non-hydrogen) atoms. The average molecular weight is 265 g/mol. The lowest BCUT2D eigenvalue weighted by Gasteiger charge is -2.53. The Morgan fingerprint density at radius 2 is 1.95 bits per heavy atom. The summed E-state index contributed by atoms with van der Waals surface area (Å²) in [5.74, 6) is 1.78. The van der Waals surface area contributed by atoms with Crippen LogP contribution in [0, 0.1) is 11.8 Å². The fourth-order valence-electron chi connectivity index (χ4n) is 4.35. The van der Waals surface area contributed by atoms with Crippen molar-refractivity contribution in [2.75, 3.05) is 32.7 Å². The third-order valence-electron chi connectivity index (χ3n) is 6.03. The van der Waals surface area contributed by atoms with Crippen molar-refractivity contribution in [1.82, 2.24) is 15.1 Å². The van der Waals surface area contributed by atoms with E-state index in [1.807, 2.05) is 0 Å². The van der Waals surface area contributed by atoms with Crippen LogP contribution in [-0.4, -0.2) is 60.6 Å². The number of nitrogens with one attached hydrogen (secondary N) is 1. The Kier molecular flexibility index (Phi) is 4.16. The summed E-state index contributed by atoms with van der Waals surface area (Å²) in [6, 6.07) is 2.26. The summed E-state index contributed by atoms with van der Waals surface area (Å²) >= 11 is 0. The van der Waals surface area contributed by atoms with Crippen molar-refractivity contribution in [2.45, 2.75) is 58.2 Å². The normalized spacial score (nSPS) is 45.3. The summed E-state index contributed by atoms with van der Waals surface area (Å²) in [5, 5.41) is 3.78. The standard InChI is InChI=1S/C16H31N3/c1-4-12(2)15-10-19(13(3)9-17-15)16-11-18-7-5-14(16)6-8-18/h12-17H,4-11H2,1-3H3. The van der Waals surface area contributed by atoms with Gasteiger partial charge in [-0.05, 0) is 44.7 Å². The van der Waals surface area contributed by atoms with Gasteiger partial charge in [-0.15, -0.1) is 0 Å². The highest BCUT2D eigenvalue weighted by molar-refractivity contribution is 4.97. The van der Waals surface area contributed by atoms with Crippen molar-refractivity contribution < 1.29 is 0 Å². The molecule has 0 saturated carbocycles. The summed E-state index contributed by atoms with van der Waals surface area (Å²) in [7, 11) is 0. The van der Waals surface area contributed by atoms with Crippen LogP contribution in [0.4, 0.5) is 0 Å². The van der Waals surface area contributed by atoms with Crippen LogP contribution in [-0.2, 0) is 0 Å². The molecule has 3 nitrogen and oxygen atoms in total. The van der Waals surface area contributed by atoms with E-state index in [0.717, 1.165) is 17.9 Å². The van der Waals surface area contributed by atoms with E-state index in [0.29, 0.717) is 12.1 Å². The number of hydrogen-bond acceptors (Lipinski definition) is 3. The van der Waals surface area contributed by atoms with E-state index in [9.17, 15) is 0 Å². The maximum atomic E-state index is 3.78. The molecular formula is C16H31N3. The molecule has 0 radical (unpaired) electrons. The van der Waals surface area contributed by atoms with Gasteiger partial charge in [-0.1, -0.05) is 20.3 Å². The largest absolute Gasteiger partial charge is 0.311 e. The number of fused-ring (bicyclic) bond motifs is 3. The van der Waals surface area contributed by atoms with Crippen LogP contribution in [0.5, 0.6) is 0 Å². The van der Waals surface area contributed by atoms with Crippen LogP contribution in [0.1, 0.15) is 40.0 Å². The number of piperazine rings is 1. The van der Waals surface area contributed by atoms with Crippen molar-refractivity contribution in [3.05, 3.63) is 0 Å². The molecule has 4 fully saturated rings. The molecule has 0 spiro atoms. The van der Waals surface area contributed by atoms with Crippen LogP contribution in [0.3, 0.4) is 0 Å². The number of nitrogens with zero attached hydrogens (tertiary/aromatic N) is 2. The topological polar surface area (TPSA) is 18.5 Å². The first-order chi connectivity index (χ1) is 9.19. The fourth-order valence-corrected chi connectivity index (χ4v) is 4.35. The zero-order valence-electron chi connectivity index (χ0n) is 12.9. The summed E-state index contributed by atoms with van der Waals surface area (Å²) in [4.78, 5) is 5.54. The molecule has 110 valence electrons. The molecule has 4 saturated heterocycles. The summed E-state index contributed by atoms with van der Waals surface area (Å²) in [5.41, 5.74) is 0. The lowest BCUT2D eigenvalue weighted by Crippen LogP contribution is -2.66. The number of hydrogen-bond donors (Lipinski definition) is 1. The summed E-state index contributed by atoms with van der Waals surface area (Å²) in [6.45, 7) is 13.6. The maximum Gasteiger partial charge on any atom is 0.0256 e. The SMILES string of the molecule is CCC(C)C1CN(C2CN3CCC2CC3)C(C)CN1. The molecular weight excluding hydrogens is 234 g/mol. The number of piperidine rings is 3. The van der Waals surface area contributed by atoms with Gasteiger partial charge in [0.05, 0.1) is 0 Å². The molecule has 4 atom stereocenters. The first kappa shape index (κ1) is 13.8. The highest BCUT2D eigenvalue weighted by Crippen LogP contribution is 2.33. The van der Waals surface area contributed by atoms with Gasteiger partial charge in [-0.2, -0.15) is 0 Å². The molecule has 2 bridgehead atoms. The Morgan fingerprint density at radius 3 is 2.53 bits per heavy atom. The monoisotopic (exact) mass is 265 g/mol. The van der Waals surface area contributed by atoms with Gasteiger partial charge in [0.2, 0.25) is 0 Å². The van der Waals surface area contributed by atoms with E-state index in [-0.39, 0.29) is 0 Å². The van der Waals surface area contributed by atoms with Gasteiger partial charge in [-0.3, -0.25) is 4.90 Å². The summed E-state index contributed by atoms with van der Waals surface area (Å²) < 4.78 is 0. The van der Waals surface area contributed by atoms with Crippen molar-refractivity contribution in [3.8, 4) is 0 Å².